The lowest BCUT2D eigenvalue weighted by Gasteiger charge is -2.40. The number of aromatic nitrogens is 2. The number of benzene rings is 2. The highest BCUT2D eigenvalue weighted by molar-refractivity contribution is 5.79. The average molecular weight is 398 g/mol. The van der Waals surface area contributed by atoms with E-state index in [9.17, 15) is 20.4 Å². The normalized spacial score (nSPS) is 27.4. The first-order chi connectivity index (χ1) is 14.0. The Balaban J connectivity index is 1.72. The van der Waals surface area contributed by atoms with Gasteiger partial charge in [0.25, 0.3) is 0 Å². The fourth-order valence-electron chi connectivity index (χ4n) is 3.94. The first-order valence-electron chi connectivity index (χ1n) is 9.85. The van der Waals surface area contributed by atoms with Crippen molar-refractivity contribution >= 4 is 11.0 Å². The number of hydrogen-bond acceptors (Lipinski definition) is 6. The zero-order valence-electron chi connectivity index (χ0n) is 16.2. The summed E-state index contributed by atoms with van der Waals surface area (Å²) in [6.07, 6.45) is -3.25. The second-order valence-corrected chi connectivity index (χ2v) is 7.51. The quantitative estimate of drug-likeness (QED) is 0.514. The minimum atomic E-state index is -1.42. The second kappa shape index (κ2) is 8.22. The molecule has 4 rings (SSSR count). The van der Waals surface area contributed by atoms with E-state index in [1.54, 1.807) is 6.33 Å². The molecule has 7 heteroatoms. The zero-order chi connectivity index (χ0) is 20.5. The molecule has 1 fully saturated rings. The predicted molar refractivity (Wildman–Crippen MR) is 107 cm³/mol. The van der Waals surface area contributed by atoms with Gasteiger partial charge in [-0.15, -0.1) is 0 Å². The van der Waals surface area contributed by atoms with Crippen molar-refractivity contribution in [3.8, 4) is 0 Å². The summed E-state index contributed by atoms with van der Waals surface area (Å²) in [6.45, 7) is 2.25. The van der Waals surface area contributed by atoms with E-state index >= 15 is 0 Å². The topological polar surface area (TPSA) is 108 Å². The molecule has 1 aromatic heterocycles. The van der Waals surface area contributed by atoms with Gasteiger partial charge in [0.15, 0.2) is 0 Å². The molecular weight excluding hydrogens is 372 g/mol. The summed E-state index contributed by atoms with van der Waals surface area (Å²) < 4.78 is 7.76. The Kier molecular flexibility index (Phi) is 5.67. The van der Waals surface area contributed by atoms with E-state index in [0.29, 0.717) is 12.1 Å². The van der Waals surface area contributed by atoms with Crippen molar-refractivity contribution in [2.75, 3.05) is 6.61 Å². The Morgan fingerprint density at radius 1 is 0.966 bits per heavy atom. The molecule has 0 aliphatic carbocycles. The van der Waals surface area contributed by atoms with Crippen LogP contribution in [-0.4, -0.2) is 61.0 Å². The van der Waals surface area contributed by atoms with Crippen LogP contribution in [0.2, 0.25) is 0 Å². The van der Waals surface area contributed by atoms with Gasteiger partial charge in [-0.05, 0) is 23.6 Å². The highest BCUT2D eigenvalue weighted by Crippen LogP contribution is 2.36. The van der Waals surface area contributed by atoms with E-state index in [1.807, 2.05) is 22.8 Å². The van der Waals surface area contributed by atoms with Crippen LogP contribution < -0.4 is 0 Å². The molecule has 0 unspecified atom stereocenters. The summed E-state index contributed by atoms with van der Waals surface area (Å²) in [7, 11) is 0. The number of imidazole rings is 1. The number of nitrogens with zero attached hydrogens (tertiary/aromatic N) is 2. The van der Waals surface area contributed by atoms with E-state index in [-0.39, 0.29) is 0 Å². The van der Waals surface area contributed by atoms with Gasteiger partial charge in [-0.3, -0.25) is 0 Å². The van der Waals surface area contributed by atoms with Crippen LogP contribution >= 0.6 is 0 Å². The van der Waals surface area contributed by atoms with Gasteiger partial charge in [-0.2, -0.15) is 0 Å². The van der Waals surface area contributed by atoms with Crippen molar-refractivity contribution in [1.82, 2.24) is 9.55 Å². The fraction of sp³-hybridized carbons (Fsp3) is 0.409. The highest BCUT2D eigenvalue weighted by Gasteiger charge is 2.44. The molecule has 0 bridgehead atoms. The molecule has 0 saturated carbocycles. The fourth-order valence-corrected chi connectivity index (χ4v) is 3.94. The predicted octanol–water partition coefficient (Wildman–Crippen LogP) is 1.16. The van der Waals surface area contributed by atoms with Gasteiger partial charge in [0.2, 0.25) is 0 Å². The molecule has 4 N–H and O–H groups in total. The van der Waals surface area contributed by atoms with Crippen LogP contribution in [0.4, 0.5) is 0 Å². The van der Waals surface area contributed by atoms with Crippen LogP contribution in [0.1, 0.15) is 29.7 Å². The summed E-state index contributed by atoms with van der Waals surface area (Å²) in [5.74, 6) is 0. The number of rotatable bonds is 5. The van der Waals surface area contributed by atoms with Crippen LogP contribution in [-0.2, 0) is 17.7 Å². The lowest BCUT2D eigenvalue weighted by atomic mass is 9.90. The summed E-state index contributed by atoms with van der Waals surface area (Å²) in [4.78, 5) is 4.47. The molecule has 154 valence electrons. The molecule has 2 aromatic carbocycles. The molecule has 29 heavy (non-hydrogen) atoms. The molecule has 1 saturated heterocycles. The molecular formula is C22H26N2O5. The van der Waals surface area contributed by atoms with Crippen LogP contribution in [0.5, 0.6) is 0 Å². The first kappa shape index (κ1) is 20.0. The minimum absolute atomic E-state index is 0.458. The number of aliphatic hydroxyl groups is 4. The van der Waals surface area contributed by atoms with Crippen molar-refractivity contribution in [2.45, 2.75) is 50.4 Å². The average Bonchev–Trinajstić information content (AvgIpc) is 3.16. The summed E-state index contributed by atoms with van der Waals surface area (Å²) in [6, 6.07) is 13.9. The maximum atomic E-state index is 10.6. The largest absolute Gasteiger partial charge is 0.394 e. The van der Waals surface area contributed by atoms with E-state index in [4.69, 9.17) is 4.74 Å². The first-order valence-corrected chi connectivity index (χ1v) is 9.85. The van der Waals surface area contributed by atoms with E-state index in [0.717, 1.165) is 23.0 Å². The van der Waals surface area contributed by atoms with Crippen molar-refractivity contribution in [2.24, 2.45) is 0 Å². The van der Waals surface area contributed by atoms with Gasteiger partial charge in [0, 0.05) is 12.1 Å². The van der Waals surface area contributed by atoms with Crippen molar-refractivity contribution in [3.05, 3.63) is 65.5 Å². The van der Waals surface area contributed by atoms with Crippen molar-refractivity contribution < 1.29 is 25.2 Å². The van der Waals surface area contributed by atoms with Gasteiger partial charge in [0.05, 0.1) is 24.0 Å². The Morgan fingerprint density at radius 3 is 2.38 bits per heavy atom. The lowest BCUT2D eigenvalue weighted by molar-refractivity contribution is -0.231. The Hall–Kier alpha value is -2.29. The lowest BCUT2D eigenvalue weighted by Crippen LogP contribution is -2.55. The summed E-state index contributed by atoms with van der Waals surface area (Å²) in [5.41, 5.74) is 4.57. The van der Waals surface area contributed by atoms with Gasteiger partial charge < -0.3 is 29.7 Å². The SMILES string of the molecule is CCc1ccc(Cn2cnc3cccc([C@@H]4O[C@H](CO)[C@@H](O)[C@H](O)[C@H]4O)c32)cc1. The van der Waals surface area contributed by atoms with Crippen LogP contribution in [0.25, 0.3) is 11.0 Å². The van der Waals surface area contributed by atoms with Crippen molar-refractivity contribution in [3.63, 3.8) is 0 Å². The van der Waals surface area contributed by atoms with Gasteiger partial charge in [0.1, 0.15) is 30.5 Å². The molecule has 0 amide bonds. The monoisotopic (exact) mass is 398 g/mol. The van der Waals surface area contributed by atoms with Crippen LogP contribution in [0, 0.1) is 0 Å². The van der Waals surface area contributed by atoms with Gasteiger partial charge >= 0.3 is 0 Å². The van der Waals surface area contributed by atoms with Crippen LogP contribution in [0.3, 0.4) is 0 Å². The van der Waals surface area contributed by atoms with E-state index in [1.165, 1.54) is 5.56 Å². The number of aliphatic hydroxyl groups excluding tert-OH is 4. The Morgan fingerprint density at radius 2 is 1.69 bits per heavy atom. The molecule has 1 aliphatic rings. The van der Waals surface area contributed by atoms with E-state index in [2.05, 4.69) is 36.2 Å². The third-order valence-electron chi connectivity index (χ3n) is 5.65. The summed E-state index contributed by atoms with van der Waals surface area (Å²) in [5, 5.41) is 40.3. The number of para-hydroxylation sites is 1. The zero-order valence-corrected chi connectivity index (χ0v) is 16.2. The smallest absolute Gasteiger partial charge is 0.114 e. The summed E-state index contributed by atoms with van der Waals surface area (Å²) >= 11 is 0. The molecule has 7 nitrogen and oxygen atoms in total. The molecule has 0 spiro atoms. The maximum Gasteiger partial charge on any atom is 0.114 e. The molecule has 5 atom stereocenters. The number of ether oxygens (including phenoxy) is 1. The molecule has 0 radical (unpaired) electrons. The van der Waals surface area contributed by atoms with Gasteiger partial charge in [-0.1, -0.05) is 43.3 Å². The van der Waals surface area contributed by atoms with E-state index < -0.39 is 37.1 Å². The number of fused-ring (bicyclic) bond motifs is 1. The van der Waals surface area contributed by atoms with Crippen molar-refractivity contribution in [1.29, 1.82) is 0 Å². The third kappa shape index (κ3) is 3.68. The minimum Gasteiger partial charge on any atom is -0.394 e. The number of aryl methyl sites for hydroxylation is 1. The Bertz CT molecular complexity index is 969. The number of hydrogen-bond donors (Lipinski definition) is 4. The van der Waals surface area contributed by atoms with Crippen LogP contribution in [0.15, 0.2) is 48.8 Å². The molecule has 2 heterocycles. The highest BCUT2D eigenvalue weighted by atomic mass is 16.5. The van der Waals surface area contributed by atoms with Gasteiger partial charge in [-0.25, -0.2) is 4.98 Å². The Labute approximate surface area is 168 Å². The maximum absolute atomic E-state index is 10.6. The molecule has 1 aliphatic heterocycles. The third-order valence-corrected chi connectivity index (χ3v) is 5.65. The molecule has 3 aromatic rings. The standard InChI is InChI=1S/C22H26N2O5/c1-2-13-6-8-14(9-7-13)10-24-12-23-16-5-3-4-15(18(16)24)22-21(28)20(27)19(26)17(11-25)29-22/h3-9,12,17,19-22,25-28H,2,10-11H2,1H3/t17-,19-,20+,21-,22+/m1/s1. The second-order valence-electron chi connectivity index (χ2n) is 7.51.